The summed E-state index contributed by atoms with van der Waals surface area (Å²) in [5.74, 6) is 0. The molecule has 1 fully saturated rings. The summed E-state index contributed by atoms with van der Waals surface area (Å²) in [6, 6.07) is 10.5. The van der Waals surface area contributed by atoms with Crippen molar-refractivity contribution in [1.82, 2.24) is 10.6 Å². The molecule has 0 radical (unpaired) electrons. The van der Waals surface area contributed by atoms with Crippen LogP contribution in [0.25, 0.3) is 0 Å². The first-order valence-electron chi connectivity index (χ1n) is 8.21. The van der Waals surface area contributed by atoms with Gasteiger partial charge in [0.25, 0.3) is 0 Å². The summed E-state index contributed by atoms with van der Waals surface area (Å²) in [7, 11) is 0. The molecule has 2 aliphatic rings. The number of hydrogen-bond acceptors (Lipinski definition) is 2. The van der Waals surface area contributed by atoms with Crippen molar-refractivity contribution in [2.75, 3.05) is 6.61 Å². The van der Waals surface area contributed by atoms with Gasteiger partial charge in [-0.1, -0.05) is 42.5 Å². The van der Waals surface area contributed by atoms with Gasteiger partial charge in [-0.05, 0) is 37.7 Å². The van der Waals surface area contributed by atoms with Crippen LogP contribution in [0.15, 0.2) is 42.5 Å². The lowest BCUT2D eigenvalue weighted by Crippen LogP contribution is -2.48. The number of amides is 2. The Hall–Kier alpha value is -1.81. The van der Waals surface area contributed by atoms with Crippen LogP contribution in [0, 0.1) is 0 Å². The van der Waals surface area contributed by atoms with Gasteiger partial charge >= 0.3 is 6.03 Å². The van der Waals surface area contributed by atoms with Gasteiger partial charge in [-0.3, -0.25) is 0 Å². The molecule has 1 aliphatic heterocycles. The van der Waals surface area contributed by atoms with Crippen LogP contribution in [0.5, 0.6) is 0 Å². The molecule has 4 heteroatoms. The van der Waals surface area contributed by atoms with E-state index in [9.17, 15) is 4.79 Å². The Labute approximate surface area is 131 Å². The topological polar surface area (TPSA) is 50.4 Å². The Bertz CT molecular complexity index is 515. The van der Waals surface area contributed by atoms with Crippen LogP contribution in [-0.4, -0.2) is 24.7 Å². The summed E-state index contributed by atoms with van der Waals surface area (Å²) in [6.45, 7) is 0.688. The number of urea groups is 1. The van der Waals surface area contributed by atoms with Crippen molar-refractivity contribution in [3.63, 3.8) is 0 Å². The van der Waals surface area contributed by atoms with E-state index in [0.717, 1.165) is 32.1 Å². The van der Waals surface area contributed by atoms with Crippen LogP contribution in [0.4, 0.5) is 4.79 Å². The van der Waals surface area contributed by atoms with Gasteiger partial charge in [-0.2, -0.15) is 0 Å². The van der Waals surface area contributed by atoms with Crippen molar-refractivity contribution in [2.45, 2.75) is 50.3 Å². The monoisotopic (exact) mass is 300 g/mol. The van der Waals surface area contributed by atoms with Gasteiger partial charge in [0.05, 0.1) is 6.10 Å². The van der Waals surface area contributed by atoms with Crippen LogP contribution in [0.1, 0.15) is 43.8 Å². The van der Waals surface area contributed by atoms with Crippen LogP contribution in [0.3, 0.4) is 0 Å². The molecule has 1 heterocycles. The summed E-state index contributed by atoms with van der Waals surface area (Å²) in [5, 5.41) is 6.15. The normalized spacial score (nSPS) is 28.1. The molecular weight excluding hydrogens is 276 g/mol. The molecule has 118 valence electrons. The Morgan fingerprint density at radius 1 is 1.14 bits per heavy atom. The molecule has 3 atom stereocenters. The number of hydrogen-bond donors (Lipinski definition) is 2. The molecule has 1 saturated heterocycles. The number of benzene rings is 1. The first-order chi connectivity index (χ1) is 10.8. The minimum absolute atomic E-state index is 0.0599. The summed E-state index contributed by atoms with van der Waals surface area (Å²) in [6.07, 6.45) is 9.33. The fraction of sp³-hybridized carbons (Fsp3) is 0.500. The van der Waals surface area contributed by atoms with Gasteiger partial charge in [0.15, 0.2) is 0 Å². The second-order valence-corrected chi connectivity index (χ2v) is 6.07. The van der Waals surface area contributed by atoms with E-state index in [4.69, 9.17) is 4.74 Å². The van der Waals surface area contributed by atoms with Gasteiger partial charge in [-0.15, -0.1) is 0 Å². The highest BCUT2D eigenvalue weighted by Gasteiger charge is 2.25. The molecule has 2 amide bonds. The predicted octanol–water partition coefficient (Wildman–Crippen LogP) is 3.31. The summed E-state index contributed by atoms with van der Waals surface area (Å²) >= 11 is 0. The Morgan fingerprint density at radius 3 is 2.77 bits per heavy atom. The van der Waals surface area contributed by atoms with E-state index in [1.807, 2.05) is 18.2 Å². The average molecular weight is 300 g/mol. The second-order valence-electron chi connectivity index (χ2n) is 6.07. The highest BCUT2D eigenvalue weighted by Crippen LogP contribution is 2.27. The van der Waals surface area contributed by atoms with Gasteiger partial charge in [0.2, 0.25) is 0 Å². The zero-order valence-corrected chi connectivity index (χ0v) is 12.8. The molecule has 0 bridgehead atoms. The van der Waals surface area contributed by atoms with E-state index >= 15 is 0 Å². The SMILES string of the molecule is O=C(N[C@@H]1CCO[C@@H](c2ccccc2)C1)N[C@@H]1C=CCCC1. The lowest BCUT2D eigenvalue weighted by molar-refractivity contribution is 0.00223. The van der Waals surface area contributed by atoms with Crippen LogP contribution >= 0.6 is 0 Å². The molecular formula is C18H24N2O2. The number of carbonyl (C=O) groups excluding carboxylic acids is 1. The van der Waals surface area contributed by atoms with Crippen molar-refractivity contribution in [3.05, 3.63) is 48.0 Å². The van der Waals surface area contributed by atoms with E-state index in [1.165, 1.54) is 5.56 Å². The van der Waals surface area contributed by atoms with Crippen LogP contribution in [0.2, 0.25) is 0 Å². The molecule has 1 aromatic rings. The number of allylic oxidation sites excluding steroid dienone is 1. The predicted molar refractivity (Wildman–Crippen MR) is 86.6 cm³/mol. The fourth-order valence-electron chi connectivity index (χ4n) is 3.16. The van der Waals surface area contributed by atoms with Crippen molar-refractivity contribution in [2.24, 2.45) is 0 Å². The van der Waals surface area contributed by atoms with E-state index < -0.39 is 0 Å². The molecule has 4 nitrogen and oxygen atoms in total. The van der Waals surface area contributed by atoms with Gasteiger partial charge in [-0.25, -0.2) is 4.79 Å². The number of carbonyl (C=O) groups is 1. The first-order valence-corrected chi connectivity index (χ1v) is 8.21. The zero-order valence-electron chi connectivity index (χ0n) is 12.8. The largest absolute Gasteiger partial charge is 0.373 e. The number of ether oxygens (including phenoxy) is 1. The molecule has 0 aromatic heterocycles. The van der Waals surface area contributed by atoms with Gasteiger partial charge in [0, 0.05) is 18.7 Å². The highest BCUT2D eigenvalue weighted by atomic mass is 16.5. The maximum atomic E-state index is 12.1. The summed E-state index contributed by atoms with van der Waals surface area (Å²) < 4.78 is 5.84. The second kappa shape index (κ2) is 7.45. The molecule has 0 saturated carbocycles. The Morgan fingerprint density at radius 2 is 2.00 bits per heavy atom. The molecule has 2 N–H and O–H groups in total. The summed E-state index contributed by atoms with van der Waals surface area (Å²) in [5.41, 5.74) is 1.18. The van der Waals surface area contributed by atoms with Crippen molar-refractivity contribution in [3.8, 4) is 0 Å². The van der Waals surface area contributed by atoms with Gasteiger partial charge in [0.1, 0.15) is 0 Å². The summed E-state index contributed by atoms with van der Waals surface area (Å²) in [4.78, 5) is 12.1. The molecule has 3 rings (SSSR count). The highest BCUT2D eigenvalue weighted by molar-refractivity contribution is 5.74. The average Bonchev–Trinajstić information content (AvgIpc) is 2.57. The van der Waals surface area contributed by atoms with Crippen LogP contribution < -0.4 is 10.6 Å². The fourth-order valence-corrected chi connectivity index (χ4v) is 3.16. The third-order valence-corrected chi connectivity index (χ3v) is 4.36. The molecule has 0 unspecified atom stereocenters. The minimum Gasteiger partial charge on any atom is -0.373 e. The van der Waals surface area contributed by atoms with Crippen LogP contribution in [-0.2, 0) is 4.74 Å². The number of nitrogens with one attached hydrogen (secondary N) is 2. The molecule has 22 heavy (non-hydrogen) atoms. The standard InChI is InChI=1S/C18H24N2O2/c21-18(19-15-9-5-2-6-10-15)20-16-11-12-22-17(13-16)14-7-3-1-4-8-14/h1,3-5,7-9,15-17H,2,6,10-13H2,(H2,19,20,21)/t15-,16-,17-/m1/s1. The molecule has 0 spiro atoms. The molecule has 1 aliphatic carbocycles. The van der Waals surface area contributed by atoms with Gasteiger partial charge < -0.3 is 15.4 Å². The van der Waals surface area contributed by atoms with E-state index in [1.54, 1.807) is 0 Å². The van der Waals surface area contributed by atoms with E-state index in [-0.39, 0.29) is 24.2 Å². The smallest absolute Gasteiger partial charge is 0.315 e. The molecule has 1 aromatic carbocycles. The van der Waals surface area contributed by atoms with Crippen molar-refractivity contribution >= 4 is 6.03 Å². The van der Waals surface area contributed by atoms with Crippen molar-refractivity contribution < 1.29 is 9.53 Å². The lowest BCUT2D eigenvalue weighted by atomic mass is 9.97. The Kier molecular flexibility index (Phi) is 5.11. The maximum absolute atomic E-state index is 12.1. The maximum Gasteiger partial charge on any atom is 0.315 e. The van der Waals surface area contributed by atoms with Crippen molar-refractivity contribution in [1.29, 1.82) is 0 Å². The quantitative estimate of drug-likeness (QED) is 0.841. The number of rotatable bonds is 3. The van der Waals surface area contributed by atoms with E-state index in [0.29, 0.717) is 6.61 Å². The Balaban J connectivity index is 1.50. The third kappa shape index (κ3) is 4.10. The minimum atomic E-state index is -0.0599. The first kappa shape index (κ1) is 15.1. The lowest BCUT2D eigenvalue weighted by Gasteiger charge is -2.31. The zero-order chi connectivity index (χ0) is 15.2. The third-order valence-electron chi connectivity index (χ3n) is 4.36. The van der Waals surface area contributed by atoms with E-state index in [2.05, 4.69) is 34.9 Å².